The minimum Gasteiger partial charge on any atom is -0.480 e. The first kappa shape index (κ1) is 29.1. The molecule has 3 atom stereocenters. The fourth-order valence-corrected chi connectivity index (χ4v) is 2.50. The number of nitrogens with one attached hydrogen (secondary N) is 1. The smallest absolute Gasteiger partial charge is 0.376 e. The zero-order chi connectivity index (χ0) is 25.0. The third-order valence-corrected chi connectivity index (χ3v) is 4.55. The Hall–Kier alpha value is -2.92. The fraction of sp³-hybridized carbons (Fsp3) is 0.619. The lowest BCUT2D eigenvalue weighted by molar-refractivity contribution is -0.154. The van der Waals surface area contributed by atoms with E-state index >= 15 is 0 Å². The molecule has 0 unspecified atom stereocenters. The molecule has 0 saturated carbocycles. The van der Waals surface area contributed by atoms with Gasteiger partial charge in [-0.1, -0.05) is 33.8 Å². The molecule has 1 amide bonds. The van der Waals surface area contributed by atoms with Crippen LogP contribution in [-0.4, -0.2) is 65.0 Å². The van der Waals surface area contributed by atoms with E-state index in [1.54, 1.807) is 13.8 Å². The summed E-state index contributed by atoms with van der Waals surface area (Å²) in [6.07, 6.45) is 0.431. The number of esters is 1. The number of rotatable bonds is 16. The third kappa shape index (κ3) is 9.92. The van der Waals surface area contributed by atoms with Gasteiger partial charge in [0.05, 0.1) is 18.7 Å². The van der Waals surface area contributed by atoms with Crippen LogP contribution in [0.25, 0.3) is 0 Å². The van der Waals surface area contributed by atoms with Gasteiger partial charge in [-0.2, -0.15) is 0 Å². The zero-order valence-electron chi connectivity index (χ0n) is 18.7. The van der Waals surface area contributed by atoms with Crippen molar-refractivity contribution in [1.29, 1.82) is 0 Å². The Balaban J connectivity index is 4.69. The number of carboxylic acids is 1. The Kier molecular flexibility index (Phi) is 12.9. The van der Waals surface area contributed by atoms with E-state index < -0.39 is 59.7 Å². The summed E-state index contributed by atoms with van der Waals surface area (Å²) >= 11 is 0. The van der Waals surface area contributed by atoms with Crippen molar-refractivity contribution < 1.29 is 38.6 Å². The van der Waals surface area contributed by atoms with E-state index in [1.807, 2.05) is 6.92 Å². The molecule has 11 heteroatoms. The van der Waals surface area contributed by atoms with Crippen LogP contribution < -0.4 is 16.8 Å². The predicted molar refractivity (Wildman–Crippen MR) is 114 cm³/mol. The van der Waals surface area contributed by atoms with Crippen molar-refractivity contribution in [3.8, 4) is 0 Å². The highest BCUT2D eigenvalue weighted by molar-refractivity contribution is 6.45. The first-order chi connectivity index (χ1) is 14.8. The molecule has 0 aromatic carbocycles. The first-order valence-corrected chi connectivity index (χ1v) is 10.3. The van der Waals surface area contributed by atoms with Crippen LogP contribution in [0.15, 0.2) is 12.2 Å². The SMILES string of the molecule is C=C(C[C@H](N)C(=O)C(=O)OCCCC)C(=O)C(=O)[C@@H](N)CCC(=O)N[C@H](C(=O)O)C(C)C. The molecule has 11 nitrogen and oxygen atoms in total. The number of ether oxygens (including phenoxy) is 1. The lowest BCUT2D eigenvalue weighted by atomic mass is 9.95. The molecule has 0 spiro atoms. The zero-order valence-corrected chi connectivity index (χ0v) is 18.7. The average Bonchev–Trinajstić information content (AvgIpc) is 2.73. The molecule has 0 aliphatic heterocycles. The van der Waals surface area contributed by atoms with Gasteiger partial charge >= 0.3 is 11.9 Å². The van der Waals surface area contributed by atoms with Crippen molar-refractivity contribution in [2.24, 2.45) is 17.4 Å². The highest BCUT2D eigenvalue weighted by atomic mass is 16.5. The minimum absolute atomic E-state index is 0.0684. The van der Waals surface area contributed by atoms with Gasteiger partial charge in [-0.05, 0) is 30.8 Å². The first-order valence-electron chi connectivity index (χ1n) is 10.3. The molecule has 0 bridgehead atoms. The van der Waals surface area contributed by atoms with Crippen LogP contribution in [0.4, 0.5) is 0 Å². The van der Waals surface area contributed by atoms with E-state index in [4.69, 9.17) is 21.3 Å². The van der Waals surface area contributed by atoms with Crippen molar-refractivity contribution in [3.05, 3.63) is 12.2 Å². The quantitative estimate of drug-likeness (QED) is 0.103. The van der Waals surface area contributed by atoms with Crippen LogP contribution >= 0.6 is 0 Å². The molecule has 0 aliphatic carbocycles. The van der Waals surface area contributed by atoms with E-state index in [0.717, 1.165) is 6.42 Å². The summed E-state index contributed by atoms with van der Waals surface area (Å²) in [5.41, 5.74) is 11.0. The van der Waals surface area contributed by atoms with Gasteiger partial charge in [-0.3, -0.25) is 19.2 Å². The molecule has 0 heterocycles. The summed E-state index contributed by atoms with van der Waals surface area (Å²) in [5.74, 6) is -6.44. The normalized spacial score (nSPS) is 13.6. The number of unbranched alkanes of at least 4 members (excludes halogenated alkanes) is 1. The Labute approximate surface area is 186 Å². The van der Waals surface area contributed by atoms with Gasteiger partial charge in [0.2, 0.25) is 17.5 Å². The summed E-state index contributed by atoms with van der Waals surface area (Å²) in [4.78, 5) is 71.0. The molecule has 6 N–H and O–H groups in total. The molecule has 0 aliphatic rings. The number of carbonyl (C=O) groups excluding carboxylic acids is 5. The Morgan fingerprint density at radius 3 is 2.12 bits per heavy atom. The van der Waals surface area contributed by atoms with Gasteiger partial charge in [0.1, 0.15) is 6.04 Å². The molecule has 0 fully saturated rings. The van der Waals surface area contributed by atoms with Crippen molar-refractivity contribution in [3.63, 3.8) is 0 Å². The maximum atomic E-state index is 12.2. The molecule has 0 rings (SSSR count). The Morgan fingerprint density at radius 2 is 1.62 bits per heavy atom. The summed E-state index contributed by atoms with van der Waals surface area (Å²) in [5, 5.41) is 11.4. The summed E-state index contributed by atoms with van der Waals surface area (Å²) in [6.45, 7) is 8.63. The highest BCUT2D eigenvalue weighted by Gasteiger charge is 2.30. The third-order valence-electron chi connectivity index (χ3n) is 4.55. The fourth-order valence-electron chi connectivity index (χ4n) is 2.50. The topological polar surface area (TPSA) is 196 Å². The van der Waals surface area contributed by atoms with Gasteiger partial charge in [0, 0.05) is 6.42 Å². The Morgan fingerprint density at radius 1 is 1.03 bits per heavy atom. The minimum atomic E-state index is -1.40. The van der Waals surface area contributed by atoms with Crippen LogP contribution in [-0.2, 0) is 33.5 Å². The van der Waals surface area contributed by atoms with Gasteiger partial charge in [0.25, 0.3) is 5.78 Å². The van der Waals surface area contributed by atoms with Crippen LogP contribution in [0.5, 0.6) is 0 Å². The van der Waals surface area contributed by atoms with E-state index in [1.165, 1.54) is 0 Å². The van der Waals surface area contributed by atoms with Gasteiger partial charge < -0.3 is 26.6 Å². The van der Waals surface area contributed by atoms with Gasteiger partial charge in [-0.15, -0.1) is 0 Å². The number of hydrogen-bond acceptors (Lipinski definition) is 9. The number of carbonyl (C=O) groups is 6. The number of aliphatic carboxylic acids is 1. The molecule has 0 aromatic rings. The predicted octanol–water partition coefficient (Wildman–Crippen LogP) is -0.356. The lowest BCUT2D eigenvalue weighted by Crippen LogP contribution is -2.45. The molecule has 180 valence electrons. The summed E-state index contributed by atoms with van der Waals surface area (Å²) in [6, 6.07) is -3.83. The standard InChI is InChI=1S/C21H33N3O8/c1-5-6-9-32-21(31)19(28)14(23)10-12(4)17(26)18(27)13(22)7-8-15(25)24-16(11(2)3)20(29)30/h11,13-14,16H,4-10,22-23H2,1-3H3,(H,24,25)(H,29,30)/t13-,14-,16-/m0/s1. The lowest BCUT2D eigenvalue weighted by Gasteiger charge is -2.18. The van der Waals surface area contributed by atoms with Gasteiger partial charge in [0.15, 0.2) is 0 Å². The van der Waals surface area contributed by atoms with Crippen molar-refractivity contribution in [1.82, 2.24) is 5.32 Å². The highest BCUT2D eigenvalue weighted by Crippen LogP contribution is 2.09. The van der Waals surface area contributed by atoms with Crippen LogP contribution in [0.2, 0.25) is 0 Å². The van der Waals surface area contributed by atoms with Crippen LogP contribution in [0, 0.1) is 5.92 Å². The number of hydrogen-bond donors (Lipinski definition) is 4. The average molecular weight is 456 g/mol. The van der Waals surface area contributed by atoms with Crippen molar-refractivity contribution in [2.75, 3.05) is 6.61 Å². The summed E-state index contributed by atoms with van der Waals surface area (Å²) in [7, 11) is 0. The summed E-state index contributed by atoms with van der Waals surface area (Å²) < 4.78 is 4.76. The number of amides is 1. The monoisotopic (exact) mass is 455 g/mol. The largest absolute Gasteiger partial charge is 0.480 e. The second-order valence-corrected chi connectivity index (χ2v) is 7.73. The number of Topliss-reactive ketones (excluding diaryl/α,β-unsaturated/α-hetero) is 3. The van der Waals surface area contributed by atoms with E-state index in [-0.39, 0.29) is 30.9 Å². The van der Waals surface area contributed by atoms with Gasteiger partial charge in [-0.25, -0.2) is 9.59 Å². The number of carboxylic acid groups (broad SMARTS) is 1. The molecule has 32 heavy (non-hydrogen) atoms. The maximum absolute atomic E-state index is 12.2. The van der Waals surface area contributed by atoms with E-state index in [9.17, 15) is 28.8 Å². The van der Waals surface area contributed by atoms with Crippen molar-refractivity contribution >= 4 is 35.2 Å². The molecular weight excluding hydrogens is 422 g/mol. The van der Waals surface area contributed by atoms with Crippen molar-refractivity contribution in [2.45, 2.75) is 71.0 Å². The molecular formula is C21H33N3O8. The number of nitrogens with two attached hydrogens (primary N) is 2. The molecule has 0 radical (unpaired) electrons. The van der Waals surface area contributed by atoms with E-state index in [0.29, 0.717) is 6.42 Å². The van der Waals surface area contributed by atoms with Crippen LogP contribution in [0.1, 0.15) is 52.9 Å². The second-order valence-electron chi connectivity index (χ2n) is 7.73. The van der Waals surface area contributed by atoms with Crippen LogP contribution in [0.3, 0.4) is 0 Å². The molecule has 0 saturated heterocycles. The molecule has 0 aromatic heterocycles. The second kappa shape index (κ2) is 14.2. The number of ketones is 3. The Bertz CT molecular complexity index is 747. The van der Waals surface area contributed by atoms with E-state index in [2.05, 4.69) is 11.9 Å². The maximum Gasteiger partial charge on any atom is 0.376 e.